The topological polar surface area (TPSA) is 50.1 Å². The zero-order chi connectivity index (χ0) is 11.7. The van der Waals surface area contributed by atoms with Crippen molar-refractivity contribution in [2.75, 3.05) is 0 Å². The van der Waals surface area contributed by atoms with Gasteiger partial charge in [-0.15, -0.1) is 0 Å². The van der Waals surface area contributed by atoms with Crippen LogP contribution >= 0.6 is 0 Å². The summed E-state index contributed by atoms with van der Waals surface area (Å²) in [4.78, 5) is 0. The molecule has 0 saturated heterocycles. The van der Waals surface area contributed by atoms with Crippen molar-refractivity contribution in [3.63, 3.8) is 0 Å². The molecule has 0 atom stereocenters. The maximum Gasteiger partial charge on any atom is 0.260 e. The Bertz CT molecular complexity index is 652. The molecule has 18 heavy (non-hydrogen) atoms. The van der Waals surface area contributed by atoms with E-state index in [9.17, 15) is 5.11 Å². The fourth-order valence-corrected chi connectivity index (χ4v) is 1.81. The van der Waals surface area contributed by atoms with Crippen molar-refractivity contribution in [2.45, 2.75) is 6.54 Å². The third-order valence-corrected chi connectivity index (χ3v) is 2.66. The summed E-state index contributed by atoms with van der Waals surface area (Å²) in [5.41, 5.74) is 1.79. The second kappa shape index (κ2) is 5.18. The number of aromatic nitrogens is 2. The summed E-state index contributed by atoms with van der Waals surface area (Å²) in [6.07, 6.45) is 3.72. The molecule has 0 aliphatic heterocycles. The number of nitrogens with zero attached hydrogens (tertiary/aromatic N) is 2. The lowest BCUT2D eigenvalue weighted by Crippen LogP contribution is -3.00. The molecule has 4 nitrogen and oxygen atoms in total. The molecule has 0 saturated carbocycles. The van der Waals surface area contributed by atoms with Crippen molar-refractivity contribution in [2.24, 2.45) is 0 Å². The average Bonchev–Trinajstić information content (AvgIpc) is 2.72. The third kappa shape index (κ3) is 2.36. The van der Waals surface area contributed by atoms with E-state index in [4.69, 9.17) is 4.52 Å². The molecule has 0 amide bonds. The highest BCUT2D eigenvalue weighted by atomic mass is 79.9. The van der Waals surface area contributed by atoms with Gasteiger partial charge in [-0.2, -0.15) is 4.57 Å². The molecule has 2 aromatic heterocycles. The van der Waals surface area contributed by atoms with Gasteiger partial charge in [0.2, 0.25) is 11.8 Å². The van der Waals surface area contributed by atoms with Crippen LogP contribution in [0, 0.1) is 0 Å². The summed E-state index contributed by atoms with van der Waals surface area (Å²) >= 11 is 0. The Morgan fingerprint density at radius 1 is 1.17 bits per heavy atom. The van der Waals surface area contributed by atoms with E-state index in [1.165, 1.54) is 5.56 Å². The monoisotopic (exact) mass is 306 g/mol. The Morgan fingerprint density at radius 2 is 1.94 bits per heavy atom. The number of pyridine rings is 1. The maximum atomic E-state index is 9.38. The summed E-state index contributed by atoms with van der Waals surface area (Å²) in [6, 6.07) is 11.9. The summed E-state index contributed by atoms with van der Waals surface area (Å²) in [6.45, 7) is 0.762. The Hall–Kier alpha value is -1.88. The average molecular weight is 307 g/mol. The minimum Gasteiger partial charge on any atom is -1.00 e. The van der Waals surface area contributed by atoms with Crippen molar-refractivity contribution in [3.8, 4) is 5.88 Å². The molecule has 1 N–H and O–H groups in total. The smallest absolute Gasteiger partial charge is 0.260 e. The van der Waals surface area contributed by atoms with Crippen LogP contribution in [-0.4, -0.2) is 10.3 Å². The molecule has 2 heterocycles. The summed E-state index contributed by atoms with van der Waals surface area (Å²) in [7, 11) is 0. The fraction of sp³-hybridized carbons (Fsp3) is 0.0769. The predicted octanol–water partition coefficient (Wildman–Crippen LogP) is -1.13. The number of hydrogen-bond donors (Lipinski definition) is 1. The van der Waals surface area contributed by atoms with E-state index in [0.29, 0.717) is 11.0 Å². The molecule has 0 fully saturated rings. The van der Waals surface area contributed by atoms with Gasteiger partial charge in [-0.25, -0.2) is 0 Å². The highest BCUT2D eigenvalue weighted by molar-refractivity contribution is 5.79. The molecule has 5 heteroatoms. The highest BCUT2D eigenvalue weighted by Crippen LogP contribution is 2.20. The lowest BCUT2D eigenvalue weighted by atomic mass is 10.2. The van der Waals surface area contributed by atoms with Crippen LogP contribution in [0.5, 0.6) is 5.88 Å². The van der Waals surface area contributed by atoms with E-state index < -0.39 is 0 Å². The first-order valence-corrected chi connectivity index (χ1v) is 5.34. The zero-order valence-corrected chi connectivity index (χ0v) is 11.0. The SMILES string of the molecule is Oc1noc2c[n+](Cc3ccccc3)ccc12.[Br-]. The first kappa shape index (κ1) is 12.6. The molecule has 1 aromatic carbocycles. The van der Waals surface area contributed by atoms with Crippen molar-refractivity contribution in [1.82, 2.24) is 5.16 Å². The van der Waals surface area contributed by atoms with E-state index in [0.717, 1.165) is 6.54 Å². The van der Waals surface area contributed by atoms with Crippen molar-refractivity contribution in [3.05, 3.63) is 54.4 Å². The van der Waals surface area contributed by atoms with Crippen LogP contribution in [0.3, 0.4) is 0 Å². The van der Waals surface area contributed by atoms with Crippen LogP contribution in [0.2, 0.25) is 0 Å². The van der Waals surface area contributed by atoms with Gasteiger partial charge >= 0.3 is 0 Å². The third-order valence-electron chi connectivity index (χ3n) is 2.66. The molecule has 3 rings (SSSR count). The summed E-state index contributed by atoms with van der Waals surface area (Å²) < 4.78 is 6.99. The number of rotatable bonds is 2. The Morgan fingerprint density at radius 3 is 2.72 bits per heavy atom. The van der Waals surface area contributed by atoms with Crippen LogP contribution in [0.15, 0.2) is 53.3 Å². The minimum atomic E-state index is -0.0631. The molecular formula is C13H11BrN2O2. The molecule has 0 bridgehead atoms. The van der Waals surface area contributed by atoms with Gasteiger partial charge in [-0.3, -0.25) is 0 Å². The Kier molecular flexibility index (Phi) is 3.62. The number of benzene rings is 1. The lowest BCUT2D eigenvalue weighted by molar-refractivity contribution is -0.687. The summed E-state index contributed by atoms with van der Waals surface area (Å²) in [5, 5.41) is 13.5. The Labute approximate surface area is 114 Å². The molecule has 0 aliphatic carbocycles. The van der Waals surface area contributed by atoms with Gasteiger partial charge in [0.15, 0.2) is 12.7 Å². The molecule has 0 radical (unpaired) electrons. The summed E-state index contributed by atoms with van der Waals surface area (Å²) in [5.74, 6) is -0.0631. The molecule has 92 valence electrons. The minimum absolute atomic E-state index is 0. The first-order valence-electron chi connectivity index (χ1n) is 5.34. The van der Waals surface area contributed by atoms with Gasteiger partial charge in [-0.05, 0) is 5.16 Å². The van der Waals surface area contributed by atoms with Gasteiger partial charge in [0.05, 0.1) is 5.39 Å². The van der Waals surface area contributed by atoms with E-state index in [1.54, 1.807) is 6.07 Å². The fourth-order valence-electron chi connectivity index (χ4n) is 1.81. The number of aromatic hydroxyl groups is 1. The van der Waals surface area contributed by atoms with E-state index in [-0.39, 0.29) is 22.9 Å². The molecular weight excluding hydrogens is 296 g/mol. The molecule has 0 unspecified atom stereocenters. The van der Waals surface area contributed by atoms with E-state index >= 15 is 0 Å². The van der Waals surface area contributed by atoms with Gasteiger partial charge < -0.3 is 26.6 Å². The van der Waals surface area contributed by atoms with Gasteiger partial charge in [0.1, 0.15) is 0 Å². The standard InChI is InChI=1S/C13H10N2O2.BrH/c16-13-11-6-7-15(9-12(11)17-14-13)8-10-4-2-1-3-5-10;/h1-7,9H,8H2;1H. The van der Waals surface area contributed by atoms with Crippen LogP contribution in [0.1, 0.15) is 5.56 Å². The quantitative estimate of drug-likeness (QED) is 0.610. The van der Waals surface area contributed by atoms with Gasteiger partial charge in [0.25, 0.3) is 5.88 Å². The second-order valence-electron chi connectivity index (χ2n) is 3.89. The van der Waals surface area contributed by atoms with E-state index in [1.807, 2.05) is 35.2 Å². The van der Waals surface area contributed by atoms with Crippen LogP contribution in [-0.2, 0) is 6.54 Å². The normalized spacial score (nSPS) is 10.2. The molecule has 3 aromatic rings. The van der Waals surface area contributed by atoms with E-state index in [2.05, 4.69) is 17.3 Å². The predicted molar refractivity (Wildman–Crippen MR) is 61.4 cm³/mol. The maximum absolute atomic E-state index is 9.38. The van der Waals surface area contributed by atoms with Crippen LogP contribution < -0.4 is 21.5 Å². The van der Waals surface area contributed by atoms with Crippen molar-refractivity contribution >= 4 is 11.0 Å². The highest BCUT2D eigenvalue weighted by Gasteiger charge is 2.11. The number of fused-ring (bicyclic) bond motifs is 1. The first-order chi connectivity index (χ1) is 8.33. The van der Waals surface area contributed by atoms with Crippen LogP contribution in [0.4, 0.5) is 0 Å². The van der Waals surface area contributed by atoms with Crippen molar-refractivity contribution < 1.29 is 31.2 Å². The lowest BCUT2D eigenvalue weighted by Gasteiger charge is -1.96. The largest absolute Gasteiger partial charge is 1.00 e. The Balaban J connectivity index is 0.00000120. The van der Waals surface area contributed by atoms with Gasteiger partial charge in [-0.1, -0.05) is 30.3 Å². The number of hydrogen-bond acceptors (Lipinski definition) is 3. The van der Waals surface area contributed by atoms with Gasteiger partial charge in [0, 0.05) is 11.6 Å². The van der Waals surface area contributed by atoms with Crippen molar-refractivity contribution in [1.29, 1.82) is 0 Å². The second-order valence-corrected chi connectivity index (χ2v) is 3.89. The van der Waals surface area contributed by atoms with Crippen LogP contribution in [0.25, 0.3) is 11.0 Å². The zero-order valence-electron chi connectivity index (χ0n) is 9.45. The molecule has 0 spiro atoms. The number of halogens is 1. The molecule has 0 aliphatic rings.